The number of esters is 1. The number of aromatic amines is 1. The summed E-state index contributed by atoms with van der Waals surface area (Å²) in [7, 11) is -3.75. The molecule has 10 nitrogen and oxygen atoms in total. The minimum absolute atomic E-state index is 0.101. The van der Waals surface area contributed by atoms with Crippen molar-refractivity contribution in [3.8, 4) is 0 Å². The number of ether oxygens (including phenoxy) is 1. The van der Waals surface area contributed by atoms with E-state index < -0.39 is 21.7 Å². The number of rotatable bonds is 4. The summed E-state index contributed by atoms with van der Waals surface area (Å²) in [5, 5.41) is 4.86. The molecule has 0 radical (unpaired) electrons. The predicted octanol–water partition coefficient (Wildman–Crippen LogP) is 2.78. The Hall–Kier alpha value is -2.51. The van der Waals surface area contributed by atoms with Crippen LogP contribution in [0.5, 0.6) is 0 Å². The van der Waals surface area contributed by atoms with Gasteiger partial charge in [0.25, 0.3) is 15.9 Å². The molecule has 2 N–H and O–H groups in total. The highest BCUT2D eigenvalue weighted by molar-refractivity contribution is 7.89. The average Bonchev–Trinajstić information content (AvgIpc) is 3.46. The van der Waals surface area contributed by atoms with Gasteiger partial charge in [-0.3, -0.25) is 14.9 Å². The lowest BCUT2D eigenvalue weighted by atomic mass is 10.1. The van der Waals surface area contributed by atoms with Crippen molar-refractivity contribution in [3.05, 3.63) is 44.9 Å². The lowest BCUT2D eigenvalue weighted by Crippen LogP contribution is -2.50. The Morgan fingerprint density at radius 1 is 1.16 bits per heavy atom. The molecule has 0 saturated carbocycles. The number of carbonyl (C=O) groups excluding carboxylic acids is 2. The SMILES string of the molecule is CC(C)(C)OC(=O)C1Cc2nc(C(=O)N3CCN(S(=O)(=O)c4cc5cc(Cl)ccc5[nH]4)CC3)sc2CN1. The summed E-state index contributed by atoms with van der Waals surface area (Å²) in [6.07, 6.45) is 0.357. The molecule has 0 spiro atoms. The second-order valence-electron chi connectivity index (χ2n) is 10.1. The first-order valence-corrected chi connectivity index (χ1v) is 14.6. The number of aromatic nitrogens is 2. The molecule has 1 unspecified atom stereocenters. The molecule has 0 bridgehead atoms. The summed E-state index contributed by atoms with van der Waals surface area (Å²) in [5.41, 5.74) is 0.830. The van der Waals surface area contributed by atoms with E-state index in [0.717, 1.165) is 16.0 Å². The fraction of sp³-hybridized carbons (Fsp3) is 0.458. The summed E-state index contributed by atoms with van der Waals surface area (Å²) in [5.74, 6) is -0.570. The van der Waals surface area contributed by atoms with Crippen LogP contribution in [0.4, 0.5) is 0 Å². The van der Waals surface area contributed by atoms with Crippen LogP contribution in [0.3, 0.4) is 0 Å². The number of thiazole rings is 1. The highest BCUT2D eigenvalue weighted by Crippen LogP contribution is 2.27. The second-order valence-corrected chi connectivity index (χ2v) is 13.5. The standard InChI is InChI=1S/C24H28ClN5O5S2/c1-24(2,3)35-23(32)18-12-17-19(13-26-18)36-21(28-17)22(31)29-6-8-30(9-7-29)37(33,34)20-11-14-10-15(25)4-5-16(14)27-20/h4-5,10-11,18,26-27H,6-9,12-13H2,1-3H3. The molecule has 4 heterocycles. The van der Waals surface area contributed by atoms with Gasteiger partial charge in [-0.1, -0.05) is 11.6 Å². The van der Waals surface area contributed by atoms with E-state index in [4.69, 9.17) is 16.3 Å². The van der Waals surface area contributed by atoms with Crippen LogP contribution in [0, 0.1) is 0 Å². The van der Waals surface area contributed by atoms with Crippen molar-refractivity contribution in [2.45, 2.75) is 50.4 Å². The van der Waals surface area contributed by atoms with Gasteiger partial charge in [0, 0.05) is 59.9 Å². The summed E-state index contributed by atoms with van der Waals surface area (Å²) >= 11 is 7.33. The Balaban J connectivity index is 1.23. The van der Waals surface area contributed by atoms with Gasteiger partial charge in [0.05, 0.1) is 5.69 Å². The Kier molecular flexibility index (Phi) is 6.82. The second kappa shape index (κ2) is 9.66. The van der Waals surface area contributed by atoms with Crippen LogP contribution in [-0.2, 0) is 32.5 Å². The third-order valence-electron chi connectivity index (χ3n) is 6.26. The molecule has 1 atom stereocenters. The Morgan fingerprint density at radius 2 is 1.89 bits per heavy atom. The zero-order chi connectivity index (χ0) is 26.5. The van der Waals surface area contributed by atoms with E-state index in [1.807, 2.05) is 20.8 Å². The van der Waals surface area contributed by atoms with Crippen LogP contribution in [-0.4, -0.2) is 77.3 Å². The van der Waals surface area contributed by atoms with Crippen molar-refractivity contribution in [2.24, 2.45) is 0 Å². The Morgan fingerprint density at radius 3 is 2.59 bits per heavy atom. The van der Waals surface area contributed by atoms with Crippen LogP contribution in [0.15, 0.2) is 29.3 Å². The lowest BCUT2D eigenvalue weighted by molar-refractivity contribution is -0.157. The molecule has 5 rings (SSSR count). The fourth-order valence-electron chi connectivity index (χ4n) is 4.42. The molecular formula is C24H28ClN5O5S2. The lowest BCUT2D eigenvalue weighted by Gasteiger charge is -2.33. The number of amides is 1. The van der Waals surface area contributed by atoms with Gasteiger partial charge >= 0.3 is 5.97 Å². The minimum atomic E-state index is -3.75. The normalized spacial score (nSPS) is 19.1. The van der Waals surface area contributed by atoms with Crippen molar-refractivity contribution >= 4 is 55.7 Å². The maximum absolute atomic E-state index is 13.2. The van der Waals surface area contributed by atoms with Gasteiger partial charge in [-0.05, 0) is 45.0 Å². The van der Waals surface area contributed by atoms with Gasteiger partial charge in [-0.15, -0.1) is 11.3 Å². The predicted molar refractivity (Wildman–Crippen MR) is 140 cm³/mol. The Labute approximate surface area is 224 Å². The molecule has 37 heavy (non-hydrogen) atoms. The molecule has 1 amide bonds. The van der Waals surface area contributed by atoms with Crippen LogP contribution < -0.4 is 5.32 Å². The van der Waals surface area contributed by atoms with Gasteiger partial charge in [-0.25, -0.2) is 13.4 Å². The molecule has 2 aliphatic heterocycles. The van der Waals surface area contributed by atoms with Crippen molar-refractivity contribution in [1.29, 1.82) is 0 Å². The molecular weight excluding hydrogens is 538 g/mol. The van der Waals surface area contributed by atoms with Crippen LogP contribution in [0.1, 0.15) is 41.1 Å². The van der Waals surface area contributed by atoms with Gasteiger partial charge in [0.15, 0.2) is 5.01 Å². The highest BCUT2D eigenvalue weighted by atomic mass is 35.5. The number of fused-ring (bicyclic) bond motifs is 2. The van der Waals surface area contributed by atoms with Crippen molar-refractivity contribution < 1.29 is 22.7 Å². The minimum Gasteiger partial charge on any atom is -0.459 e. The number of nitrogens with one attached hydrogen (secondary N) is 2. The largest absolute Gasteiger partial charge is 0.459 e. The van der Waals surface area contributed by atoms with Crippen molar-refractivity contribution in [1.82, 2.24) is 24.5 Å². The summed E-state index contributed by atoms with van der Waals surface area (Å²) < 4.78 is 33.2. The Bertz CT molecular complexity index is 1470. The van der Waals surface area contributed by atoms with Gasteiger partial charge in [0.1, 0.15) is 16.7 Å². The van der Waals surface area contributed by atoms with Crippen molar-refractivity contribution in [3.63, 3.8) is 0 Å². The van der Waals surface area contributed by atoms with Gasteiger partial charge in [-0.2, -0.15) is 4.31 Å². The number of benzene rings is 1. The number of hydrogen-bond acceptors (Lipinski definition) is 8. The van der Waals surface area contributed by atoms with Crippen LogP contribution in [0.25, 0.3) is 10.9 Å². The third-order valence-corrected chi connectivity index (χ3v) is 9.40. The van der Waals surface area contributed by atoms with E-state index in [9.17, 15) is 18.0 Å². The average molecular weight is 566 g/mol. The highest BCUT2D eigenvalue weighted by Gasteiger charge is 2.35. The molecule has 0 aliphatic carbocycles. The topological polar surface area (TPSA) is 125 Å². The summed E-state index contributed by atoms with van der Waals surface area (Å²) in [4.78, 5) is 35.7. The van der Waals surface area contributed by atoms with Crippen LogP contribution >= 0.6 is 22.9 Å². The molecule has 2 aliphatic rings. The molecule has 1 saturated heterocycles. The molecule has 2 aromatic heterocycles. The molecule has 1 aromatic carbocycles. The van der Waals surface area contributed by atoms with E-state index in [1.165, 1.54) is 15.6 Å². The number of piperazine rings is 1. The quantitative estimate of drug-likeness (QED) is 0.466. The summed E-state index contributed by atoms with van der Waals surface area (Å²) in [6.45, 7) is 6.77. The molecule has 1 fully saturated rings. The number of carbonyl (C=O) groups is 2. The third kappa shape index (κ3) is 5.39. The smallest absolute Gasteiger partial charge is 0.324 e. The zero-order valence-electron chi connectivity index (χ0n) is 20.7. The fourth-order valence-corrected chi connectivity index (χ4v) is 7.04. The van der Waals surface area contributed by atoms with E-state index in [-0.39, 0.29) is 43.1 Å². The van der Waals surface area contributed by atoms with Gasteiger partial charge in [0.2, 0.25) is 0 Å². The van der Waals surface area contributed by atoms with E-state index in [2.05, 4.69) is 15.3 Å². The first kappa shape index (κ1) is 26.1. The maximum atomic E-state index is 13.2. The first-order chi connectivity index (χ1) is 17.4. The van der Waals surface area contributed by atoms with E-state index in [1.54, 1.807) is 29.2 Å². The molecule has 13 heteroatoms. The number of sulfonamides is 1. The maximum Gasteiger partial charge on any atom is 0.324 e. The molecule has 3 aromatic rings. The first-order valence-electron chi connectivity index (χ1n) is 11.9. The number of hydrogen-bond donors (Lipinski definition) is 2. The molecule has 198 valence electrons. The number of halogens is 1. The number of H-pyrrole nitrogens is 1. The number of nitrogens with zero attached hydrogens (tertiary/aromatic N) is 3. The van der Waals surface area contributed by atoms with E-state index in [0.29, 0.717) is 28.5 Å². The zero-order valence-corrected chi connectivity index (χ0v) is 23.1. The van der Waals surface area contributed by atoms with Crippen LogP contribution in [0.2, 0.25) is 5.02 Å². The van der Waals surface area contributed by atoms with E-state index >= 15 is 0 Å². The van der Waals surface area contributed by atoms with Gasteiger partial charge < -0.3 is 14.6 Å². The summed E-state index contributed by atoms with van der Waals surface area (Å²) in [6, 6.07) is 6.22. The van der Waals surface area contributed by atoms with Crippen molar-refractivity contribution in [2.75, 3.05) is 26.2 Å². The monoisotopic (exact) mass is 565 g/mol.